The van der Waals surface area contributed by atoms with Gasteiger partial charge in [0.05, 0.1) is 5.25 Å². The van der Waals surface area contributed by atoms with Gasteiger partial charge in [0.2, 0.25) is 5.91 Å². The fraction of sp³-hybridized carbons (Fsp3) is 0.438. The number of nitrogens with zero attached hydrogens (tertiary/aromatic N) is 2. The van der Waals surface area contributed by atoms with Gasteiger partial charge in [-0.15, -0.1) is 10.2 Å². The third-order valence-corrected chi connectivity index (χ3v) is 6.31. The molecule has 0 fully saturated rings. The van der Waals surface area contributed by atoms with Crippen LogP contribution in [0.4, 0.5) is 5.69 Å². The number of hydrogen-bond acceptors (Lipinski definition) is 6. The van der Waals surface area contributed by atoms with E-state index in [9.17, 15) is 4.79 Å². The molecule has 124 valence electrons. The molecule has 1 unspecified atom stereocenters. The third-order valence-electron chi connectivity index (χ3n) is 3.23. The SMILES string of the molecule is CSc1nnc(SC(C)C(=O)Nc2ccc(C(C)(C)C)cc2)s1. The maximum absolute atomic E-state index is 12.3. The van der Waals surface area contributed by atoms with Crippen LogP contribution in [-0.4, -0.2) is 27.6 Å². The highest BCUT2D eigenvalue weighted by atomic mass is 32.2. The summed E-state index contributed by atoms with van der Waals surface area (Å²) >= 11 is 4.51. The fourth-order valence-corrected chi connectivity index (χ4v) is 4.41. The van der Waals surface area contributed by atoms with E-state index in [1.165, 1.54) is 28.7 Å². The molecule has 0 bridgehead atoms. The van der Waals surface area contributed by atoms with E-state index in [2.05, 4.69) is 48.4 Å². The molecule has 2 aromatic rings. The Morgan fingerprint density at radius 1 is 1.17 bits per heavy atom. The number of anilines is 1. The maximum Gasteiger partial charge on any atom is 0.237 e. The Bertz CT molecular complexity index is 662. The number of thioether (sulfide) groups is 2. The first-order valence-corrected chi connectivity index (χ1v) is 10.2. The molecule has 0 aliphatic heterocycles. The number of carbonyl (C=O) groups excluding carboxylic acids is 1. The Morgan fingerprint density at radius 3 is 2.30 bits per heavy atom. The van der Waals surface area contributed by atoms with E-state index >= 15 is 0 Å². The molecule has 0 spiro atoms. The van der Waals surface area contributed by atoms with Crippen LogP contribution in [0.3, 0.4) is 0 Å². The number of hydrogen-bond donors (Lipinski definition) is 1. The van der Waals surface area contributed by atoms with Gasteiger partial charge in [-0.25, -0.2) is 0 Å². The minimum atomic E-state index is -0.222. The zero-order valence-electron chi connectivity index (χ0n) is 13.9. The average molecular weight is 368 g/mol. The minimum absolute atomic E-state index is 0.0283. The van der Waals surface area contributed by atoms with Crippen LogP contribution in [0.5, 0.6) is 0 Å². The van der Waals surface area contributed by atoms with Gasteiger partial charge in [-0.05, 0) is 36.3 Å². The number of amides is 1. The van der Waals surface area contributed by atoms with Crippen molar-refractivity contribution < 1.29 is 4.79 Å². The van der Waals surface area contributed by atoms with Crippen molar-refractivity contribution >= 4 is 46.5 Å². The molecule has 1 heterocycles. The van der Waals surface area contributed by atoms with Crippen LogP contribution in [-0.2, 0) is 10.2 Å². The van der Waals surface area contributed by atoms with Crippen molar-refractivity contribution in [2.75, 3.05) is 11.6 Å². The summed E-state index contributed by atoms with van der Waals surface area (Å²) in [6.07, 6.45) is 1.96. The van der Waals surface area contributed by atoms with Crippen molar-refractivity contribution in [3.8, 4) is 0 Å². The largest absolute Gasteiger partial charge is 0.325 e. The molecule has 0 saturated carbocycles. The Hall–Kier alpha value is -1.05. The van der Waals surface area contributed by atoms with Gasteiger partial charge in [-0.2, -0.15) is 0 Å². The summed E-state index contributed by atoms with van der Waals surface area (Å²) in [6.45, 7) is 8.39. The van der Waals surface area contributed by atoms with Crippen molar-refractivity contribution in [2.45, 2.75) is 47.0 Å². The van der Waals surface area contributed by atoms with Crippen molar-refractivity contribution in [3.63, 3.8) is 0 Å². The normalized spacial score (nSPS) is 12.9. The molecule has 0 saturated heterocycles. The Morgan fingerprint density at radius 2 is 1.78 bits per heavy atom. The molecule has 0 aliphatic carbocycles. The Labute approximate surface area is 149 Å². The summed E-state index contributed by atoms with van der Waals surface area (Å²) in [5.74, 6) is -0.0283. The Balaban J connectivity index is 1.95. The Kier molecular flexibility index (Phi) is 6.11. The van der Waals surface area contributed by atoms with Gasteiger partial charge in [0.25, 0.3) is 0 Å². The summed E-state index contributed by atoms with van der Waals surface area (Å²) in [4.78, 5) is 12.3. The van der Waals surface area contributed by atoms with E-state index in [0.717, 1.165) is 14.4 Å². The van der Waals surface area contributed by atoms with Gasteiger partial charge in [-0.3, -0.25) is 4.79 Å². The van der Waals surface area contributed by atoms with Crippen molar-refractivity contribution in [1.82, 2.24) is 10.2 Å². The fourth-order valence-electron chi connectivity index (χ4n) is 1.83. The molecular weight excluding hydrogens is 346 g/mol. The minimum Gasteiger partial charge on any atom is -0.325 e. The predicted molar refractivity (Wildman–Crippen MR) is 101 cm³/mol. The first kappa shape index (κ1) is 18.3. The molecule has 1 aromatic carbocycles. The molecule has 1 N–H and O–H groups in total. The molecular formula is C16H21N3OS3. The highest BCUT2D eigenvalue weighted by Gasteiger charge is 2.18. The van der Waals surface area contributed by atoms with Crippen LogP contribution in [0, 0.1) is 0 Å². The summed E-state index contributed by atoms with van der Waals surface area (Å²) in [7, 11) is 0. The van der Waals surface area contributed by atoms with E-state index in [1.807, 2.05) is 25.3 Å². The van der Waals surface area contributed by atoms with E-state index in [4.69, 9.17) is 0 Å². The van der Waals surface area contributed by atoms with Crippen LogP contribution in [0.15, 0.2) is 32.9 Å². The summed E-state index contributed by atoms with van der Waals surface area (Å²) < 4.78 is 1.73. The van der Waals surface area contributed by atoms with Crippen molar-refractivity contribution in [2.24, 2.45) is 0 Å². The monoisotopic (exact) mass is 367 g/mol. The lowest BCUT2D eigenvalue weighted by atomic mass is 9.87. The van der Waals surface area contributed by atoms with E-state index in [0.29, 0.717) is 0 Å². The second-order valence-electron chi connectivity index (χ2n) is 6.11. The molecule has 0 aliphatic rings. The zero-order chi connectivity index (χ0) is 17.0. The number of carbonyl (C=O) groups is 1. The second-order valence-corrected chi connectivity index (χ2v) is 9.73. The van der Waals surface area contributed by atoms with E-state index in [1.54, 1.807) is 11.8 Å². The van der Waals surface area contributed by atoms with Crippen LogP contribution < -0.4 is 5.32 Å². The maximum atomic E-state index is 12.3. The van der Waals surface area contributed by atoms with Gasteiger partial charge >= 0.3 is 0 Å². The lowest BCUT2D eigenvalue weighted by Crippen LogP contribution is -2.22. The van der Waals surface area contributed by atoms with Gasteiger partial charge in [0, 0.05) is 5.69 Å². The lowest BCUT2D eigenvalue weighted by molar-refractivity contribution is -0.115. The predicted octanol–water partition coefficient (Wildman–Crippen LogP) is 4.68. The molecule has 0 radical (unpaired) electrons. The standard InChI is InChI=1S/C16H21N3OS3/c1-10(22-15-19-18-14(21-5)23-15)13(20)17-12-8-6-11(7-9-12)16(2,3)4/h6-10H,1-5H3,(H,17,20). The number of aromatic nitrogens is 2. The molecule has 23 heavy (non-hydrogen) atoms. The highest BCUT2D eigenvalue weighted by molar-refractivity contribution is 8.03. The highest BCUT2D eigenvalue weighted by Crippen LogP contribution is 2.30. The first-order valence-electron chi connectivity index (χ1n) is 7.25. The molecule has 4 nitrogen and oxygen atoms in total. The zero-order valence-corrected chi connectivity index (χ0v) is 16.4. The second kappa shape index (κ2) is 7.68. The molecule has 1 aromatic heterocycles. The van der Waals surface area contributed by atoms with E-state index in [-0.39, 0.29) is 16.6 Å². The first-order chi connectivity index (χ1) is 10.8. The summed E-state index contributed by atoms with van der Waals surface area (Å²) in [6, 6.07) is 8.02. The van der Waals surface area contributed by atoms with Gasteiger partial charge < -0.3 is 5.32 Å². The van der Waals surface area contributed by atoms with Crippen LogP contribution in [0.1, 0.15) is 33.3 Å². The topological polar surface area (TPSA) is 54.9 Å². The lowest BCUT2D eigenvalue weighted by Gasteiger charge is -2.19. The van der Waals surface area contributed by atoms with Crippen molar-refractivity contribution in [1.29, 1.82) is 0 Å². The van der Waals surface area contributed by atoms with Gasteiger partial charge in [0.1, 0.15) is 0 Å². The molecule has 1 amide bonds. The molecule has 2 rings (SSSR count). The smallest absolute Gasteiger partial charge is 0.237 e. The third kappa shape index (κ3) is 5.22. The van der Waals surface area contributed by atoms with Crippen LogP contribution >= 0.6 is 34.9 Å². The van der Waals surface area contributed by atoms with Crippen LogP contribution in [0.2, 0.25) is 0 Å². The molecule has 7 heteroatoms. The number of nitrogens with one attached hydrogen (secondary N) is 1. The number of rotatable bonds is 5. The molecule has 1 atom stereocenters. The average Bonchev–Trinajstić information content (AvgIpc) is 2.94. The quantitative estimate of drug-likeness (QED) is 0.778. The van der Waals surface area contributed by atoms with Gasteiger partial charge in [0.15, 0.2) is 8.68 Å². The summed E-state index contributed by atoms with van der Waals surface area (Å²) in [5.41, 5.74) is 2.17. The van der Waals surface area contributed by atoms with Crippen molar-refractivity contribution in [3.05, 3.63) is 29.8 Å². The van der Waals surface area contributed by atoms with Crippen LogP contribution in [0.25, 0.3) is 0 Å². The summed E-state index contributed by atoms with van der Waals surface area (Å²) in [5, 5.41) is 10.9. The van der Waals surface area contributed by atoms with Gasteiger partial charge in [-0.1, -0.05) is 67.8 Å². The van der Waals surface area contributed by atoms with E-state index < -0.39 is 0 Å². The number of benzene rings is 1.